The quantitative estimate of drug-likeness (QED) is 0.792. The van der Waals surface area contributed by atoms with Crippen LogP contribution < -0.4 is 5.32 Å². The number of thiophene rings is 1. The molecule has 1 heterocycles. The lowest BCUT2D eigenvalue weighted by molar-refractivity contribution is 0.0934. The van der Waals surface area contributed by atoms with Gasteiger partial charge in [-0.25, -0.2) is 0 Å². The Morgan fingerprint density at radius 3 is 2.62 bits per heavy atom. The van der Waals surface area contributed by atoms with Crippen LogP contribution in [0, 0.1) is 5.92 Å². The van der Waals surface area contributed by atoms with Crippen LogP contribution in [0.15, 0.2) is 17.5 Å². The van der Waals surface area contributed by atoms with E-state index in [0.29, 0.717) is 5.92 Å². The minimum absolute atomic E-state index is 0.0381. The zero-order chi connectivity index (χ0) is 9.84. The zero-order valence-electron chi connectivity index (χ0n) is 8.20. The molecule has 0 aliphatic rings. The lowest BCUT2D eigenvalue weighted by atomic mass is 10.1. The van der Waals surface area contributed by atoms with E-state index in [9.17, 15) is 4.79 Å². The maximum absolute atomic E-state index is 11.5. The molecular formula is C10H15NOS. The summed E-state index contributed by atoms with van der Waals surface area (Å²) < 4.78 is 0. The fraction of sp³-hybridized carbons (Fsp3) is 0.500. The Hall–Kier alpha value is -0.830. The fourth-order valence-electron chi connectivity index (χ4n) is 0.852. The summed E-state index contributed by atoms with van der Waals surface area (Å²) in [6, 6.07) is 3.96. The van der Waals surface area contributed by atoms with Crippen molar-refractivity contribution in [2.24, 2.45) is 5.92 Å². The molecular weight excluding hydrogens is 182 g/mol. The minimum Gasteiger partial charge on any atom is -0.349 e. The monoisotopic (exact) mass is 197 g/mol. The summed E-state index contributed by atoms with van der Waals surface area (Å²) in [5, 5.41) is 4.86. The normalized spacial score (nSPS) is 12.9. The molecule has 0 aromatic carbocycles. The van der Waals surface area contributed by atoms with Crippen LogP contribution in [0.25, 0.3) is 0 Å². The molecule has 0 unspecified atom stereocenters. The number of rotatable bonds is 3. The summed E-state index contributed by atoms with van der Waals surface area (Å²) in [7, 11) is 0. The molecule has 1 aromatic rings. The lowest BCUT2D eigenvalue weighted by Crippen LogP contribution is -2.35. The Kier molecular flexibility index (Phi) is 3.48. The Balaban J connectivity index is 2.52. The summed E-state index contributed by atoms with van der Waals surface area (Å²) in [6.45, 7) is 6.22. The highest BCUT2D eigenvalue weighted by molar-refractivity contribution is 7.12. The van der Waals surface area contributed by atoms with E-state index in [1.807, 2.05) is 24.4 Å². The van der Waals surface area contributed by atoms with Gasteiger partial charge in [-0.15, -0.1) is 11.3 Å². The van der Waals surface area contributed by atoms with Gasteiger partial charge in [0.1, 0.15) is 0 Å². The lowest BCUT2D eigenvalue weighted by Gasteiger charge is -2.16. The topological polar surface area (TPSA) is 29.1 Å². The fourth-order valence-corrected chi connectivity index (χ4v) is 1.48. The Labute approximate surface area is 83.0 Å². The number of carbonyl (C=O) groups is 1. The van der Waals surface area contributed by atoms with Gasteiger partial charge in [0, 0.05) is 6.04 Å². The van der Waals surface area contributed by atoms with Crippen molar-refractivity contribution in [1.29, 1.82) is 0 Å². The highest BCUT2D eigenvalue weighted by Crippen LogP contribution is 2.09. The minimum atomic E-state index is 0.0381. The Morgan fingerprint density at radius 1 is 1.46 bits per heavy atom. The summed E-state index contributed by atoms with van der Waals surface area (Å²) in [5.41, 5.74) is 0. The van der Waals surface area contributed by atoms with Gasteiger partial charge in [0.15, 0.2) is 0 Å². The van der Waals surface area contributed by atoms with E-state index in [-0.39, 0.29) is 11.9 Å². The molecule has 72 valence electrons. The van der Waals surface area contributed by atoms with Crippen LogP contribution >= 0.6 is 11.3 Å². The SMILES string of the molecule is CC(C)[C@@H](C)NC(=O)c1cccs1. The highest BCUT2D eigenvalue weighted by Gasteiger charge is 2.12. The third kappa shape index (κ3) is 2.84. The summed E-state index contributed by atoms with van der Waals surface area (Å²) in [4.78, 5) is 12.3. The van der Waals surface area contributed by atoms with Crippen molar-refractivity contribution in [3.05, 3.63) is 22.4 Å². The van der Waals surface area contributed by atoms with Gasteiger partial charge >= 0.3 is 0 Å². The number of carbonyl (C=O) groups excluding carboxylic acids is 1. The van der Waals surface area contributed by atoms with Gasteiger partial charge in [0.05, 0.1) is 4.88 Å². The molecule has 0 saturated carbocycles. The molecule has 0 radical (unpaired) electrons. The Bertz CT molecular complexity index is 266. The molecule has 2 nitrogen and oxygen atoms in total. The molecule has 0 aliphatic heterocycles. The van der Waals surface area contributed by atoms with Crippen molar-refractivity contribution in [3.8, 4) is 0 Å². The second-order valence-corrected chi connectivity index (χ2v) is 4.43. The molecule has 0 fully saturated rings. The molecule has 0 saturated heterocycles. The number of hydrogen-bond donors (Lipinski definition) is 1. The summed E-state index contributed by atoms with van der Waals surface area (Å²) in [5.74, 6) is 0.514. The maximum atomic E-state index is 11.5. The molecule has 3 heteroatoms. The Morgan fingerprint density at radius 2 is 2.15 bits per heavy atom. The largest absolute Gasteiger partial charge is 0.349 e. The van der Waals surface area contributed by atoms with Crippen LogP contribution in [0.1, 0.15) is 30.4 Å². The predicted octanol–water partition coefficient (Wildman–Crippen LogP) is 2.52. The number of amides is 1. The third-order valence-corrected chi connectivity index (χ3v) is 2.97. The molecule has 1 N–H and O–H groups in total. The van der Waals surface area contributed by atoms with E-state index in [1.165, 1.54) is 11.3 Å². The van der Waals surface area contributed by atoms with Gasteiger partial charge in [-0.3, -0.25) is 4.79 Å². The van der Waals surface area contributed by atoms with E-state index in [4.69, 9.17) is 0 Å². The molecule has 1 rings (SSSR count). The van der Waals surface area contributed by atoms with Crippen molar-refractivity contribution in [2.45, 2.75) is 26.8 Å². The number of hydrogen-bond acceptors (Lipinski definition) is 2. The van der Waals surface area contributed by atoms with Crippen molar-refractivity contribution >= 4 is 17.2 Å². The molecule has 1 aromatic heterocycles. The van der Waals surface area contributed by atoms with Gasteiger partial charge in [-0.2, -0.15) is 0 Å². The van der Waals surface area contributed by atoms with Crippen molar-refractivity contribution in [2.75, 3.05) is 0 Å². The molecule has 0 bridgehead atoms. The van der Waals surface area contributed by atoms with E-state index in [1.54, 1.807) is 0 Å². The molecule has 0 spiro atoms. The summed E-state index contributed by atoms with van der Waals surface area (Å²) in [6.07, 6.45) is 0. The standard InChI is InChI=1S/C10H15NOS/c1-7(2)8(3)11-10(12)9-5-4-6-13-9/h4-8H,1-3H3,(H,11,12)/t8-/m1/s1. The second-order valence-electron chi connectivity index (χ2n) is 3.48. The average Bonchev–Trinajstić information content (AvgIpc) is 2.55. The highest BCUT2D eigenvalue weighted by atomic mass is 32.1. The van der Waals surface area contributed by atoms with Crippen LogP contribution in [0.4, 0.5) is 0 Å². The summed E-state index contributed by atoms with van der Waals surface area (Å²) >= 11 is 1.47. The molecule has 1 atom stereocenters. The van der Waals surface area contributed by atoms with Crippen LogP contribution in [-0.4, -0.2) is 11.9 Å². The van der Waals surface area contributed by atoms with E-state index in [0.717, 1.165) is 4.88 Å². The van der Waals surface area contributed by atoms with Gasteiger partial charge < -0.3 is 5.32 Å². The first kappa shape index (κ1) is 10.3. The van der Waals surface area contributed by atoms with E-state index in [2.05, 4.69) is 19.2 Å². The second kappa shape index (κ2) is 4.42. The maximum Gasteiger partial charge on any atom is 0.261 e. The van der Waals surface area contributed by atoms with Crippen LogP contribution in [0.5, 0.6) is 0 Å². The van der Waals surface area contributed by atoms with Gasteiger partial charge in [-0.1, -0.05) is 19.9 Å². The van der Waals surface area contributed by atoms with Crippen molar-refractivity contribution < 1.29 is 4.79 Å². The van der Waals surface area contributed by atoms with Gasteiger partial charge in [-0.05, 0) is 24.3 Å². The van der Waals surface area contributed by atoms with E-state index >= 15 is 0 Å². The van der Waals surface area contributed by atoms with Crippen molar-refractivity contribution in [1.82, 2.24) is 5.32 Å². The van der Waals surface area contributed by atoms with Crippen LogP contribution in [0.2, 0.25) is 0 Å². The van der Waals surface area contributed by atoms with Crippen LogP contribution in [0.3, 0.4) is 0 Å². The molecule has 0 aliphatic carbocycles. The predicted molar refractivity (Wildman–Crippen MR) is 56.1 cm³/mol. The molecule has 13 heavy (non-hydrogen) atoms. The third-order valence-electron chi connectivity index (χ3n) is 2.10. The smallest absolute Gasteiger partial charge is 0.261 e. The van der Waals surface area contributed by atoms with Gasteiger partial charge in [0.25, 0.3) is 5.91 Å². The first-order valence-corrected chi connectivity index (χ1v) is 5.33. The first-order valence-electron chi connectivity index (χ1n) is 4.45. The van der Waals surface area contributed by atoms with Crippen molar-refractivity contribution in [3.63, 3.8) is 0 Å². The van der Waals surface area contributed by atoms with E-state index < -0.39 is 0 Å². The zero-order valence-corrected chi connectivity index (χ0v) is 9.02. The van der Waals surface area contributed by atoms with Gasteiger partial charge in [0.2, 0.25) is 0 Å². The average molecular weight is 197 g/mol. The first-order chi connectivity index (χ1) is 6.11. The number of nitrogens with one attached hydrogen (secondary N) is 1. The van der Waals surface area contributed by atoms with Crippen LogP contribution in [-0.2, 0) is 0 Å². The molecule has 1 amide bonds.